The summed E-state index contributed by atoms with van der Waals surface area (Å²) in [6.07, 6.45) is 8.67. The second-order valence-electron chi connectivity index (χ2n) is 11.2. The molecule has 0 spiro atoms. The average molecular weight is 436 g/mol. The first kappa shape index (κ1) is 22.0. The van der Waals surface area contributed by atoms with Crippen LogP contribution in [0.15, 0.2) is 71.3 Å². The minimum absolute atomic E-state index is 0.0319. The largest absolute Gasteiger partial charge is 0.364 e. The molecule has 1 nitrogen and oxygen atoms in total. The quantitative estimate of drug-likeness (QED) is 0.473. The fourth-order valence-electron chi connectivity index (χ4n) is 6.13. The SMILES string of the molecule is Cc1cc(C)c(C)c(C2=CC(CC(C)C)=C3C=C4C(=CC3N2C)C(C)(C)c2ccccc24)c1. The van der Waals surface area contributed by atoms with Crippen LogP contribution in [-0.2, 0) is 5.41 Å². The summed E-state index contributed by atoms with van der Waals surface area (Å²) >= 11 is 0. The van der Waals surface area contributed by atoms with Gasteiger partial charge in [0.25, 0.3) is 0 Å². The Morgan fingerprint density at radius 2 is 1.70 bits per heavy atom. The van der Waals surface area contributed by atoms with E-state index in [1.807, 2.05) is 0 Å². The van der Waals surface area contributed by atoms with Crippen LogP contribution in [0.2, 0.25) is 0 Å². The summed E-state index contributed by atoms with van der Waals surface area (Å²) < 4.78 is 0. The Labute approximate surface area is 200 Å². The van der Waals surface area contributed by atoms with Gasteiger partial charge >= 0.3 is 0 Å². The lowest BCUT2D eigenvalue weighted by atomic mass is 9.76. The molecule has 0 bridgehead atoms. The first-order valence-electron chi connectivity index (χ1n) is 12.4. The van der Waals surface area contributed by atoms with Gasteiger partial charge in [-0.3, -0.25) is 0 Å². The van der Waals surface area contributed by atoms with Gasteiger partial charge in [0.05, 0.1) is 6.04 Å². The van der Waals surface area contributed by atoms with Crippen LogP contribution < -0.4 is 0 Å². The molecule has 1 unspecified atom stereocenters. The van der Waals surface area contributed by atoms with Crippen LogP contribution >= 0.6 is 0 Å². The maximum atomic E-state index is 2.57. The van der Waals surface area contributed by atoms with E-state index in [2.05, 4.69) is 115 Å². The molecule has 2 aromatic rings. The average Bonchev–Trinajstić information content (AvgIpc) is 2.98. The number of rotatable bonds is 3. The number of benzene rings is 2. The van der Waals surface area contributed by atoms with Crippen molar-refractivity contribution in [2.75, 3.05) is 7.05 Å². The van der Waals surface area contributed by atoms with E-state index in [1.54, 1.807) is 0 Å². The molecule has 2 aromatic carbocycles. The zero-order valence-corrected chi connectivity index (χ0v) is 21.5. The summed E-state index contributed by atoms with van der Waals surface area (Å²) in [5.74, 6) is 0.616. The van der Waals surface area contributed by atoms with Gasteiger partial charge in [0.2, 0.25) is 0 Å². The normalized spacial score (nSPS) is 20.8. The molecule has 1 heterocycles. The molecule has 0 radical (unpaired) electrons. The van der Waals surface area contributed by atoms with Crippen molar-refractivity contribution in [3.63, 3.8) is 0 Å². The Kier molecular flexibility index (Phi) is 5.08. The fraction of sp³-hybridized carbons (Fsp3) is 0.375. The van der Waals surface area contributed by atoms with E-state index in [0.717, 1.165) is 6.42 Å². The van der Waals surface area contributed by atoms with Gasteiger partial charge in [0.15, 0.2) is 0 Å². The molecule has 0 aromatic heterocycles. The van der Waals surface area contributed by atoms with Gasteiger partial charge in [-0.1, -0.05) is 69.7 Å². The lowest BCUT2D eigenvalue weighted by Crippen LogP contribution is -2.36. The lowest BCUT2D eigenvalue weighted by Gasteiger charge is -2.40. The van der Waals surface area contributed by atoms with Crippen molar-refractivity contribution in [2.24, 2.45) is 5.92 Å². The van der Waals surface area contributed by atoms with E-state index in [1.165, 1.54) is 61.4 Å². The molecule has 5 rings (SSSR count). The van der Waals surface area contributed by atoms with Crippen LogP contribution in [0.5, 0.6) is 0 Å². The molecule has 0 saturated carbocycles. The molecule has 33 heavy (non-hydrogen) atoms. The number of likely N-dealkylation sites (N-methyl/N-ethyl adjacent to an activating group) is 1. The maximum absolute atomic E-state index is 2.57. The zero-order valence-electron chi connectivity index (χ0n) is 21.5. The lowest BCUT2D eigenvalue weighted by molar-refractivity contribution is 0.434. The second kappa shape index (κ2) is 7.62. The van der Waals surface area contributed by atoms with E-state index in [-0.39, 0.29) is 11.5 Å². The van der Waals surface area contributed by atoms with Crippen LogP contribution in [0.1, 0.15) is 67.5 Å². The van der Waals surface area contributed by atoms with Gasteiger partial charge in [-0.2, -0.15) is 0 Å². The van der Waals surface area contributed by atoms with Gasteiger partial charge in [-0.15, -0.1) is 0 Å². The predicted molar refractivity (Wildman–Crippen MR) is 142 cm³/mol. The van der Waals surface area contributed by atoms with Crippen LogP contribution in [-0.4, -0.2) is 18.0 Å². The number of allylic oxidation sites excluding steroid dienone is 4. The number of hydrogen-bond acceptors (Lipinski definition) is 1. The first-order valence-corrected chi connectivity index (χ1v) is 12.4. The van der Waals surface area contributed by atoms with Crippen LogP contribution in [0, 0.1) is 26.7 Å². The summed E-state index contributed by atoms with van der Waals surface area (Å²) in [6, 6.07) is 13.9. The molecular weight excluding hydrogens is 398 g/mol. The first-order chi connectivity index (χ1) is 15.6. The van der Waals surface area contributed by atoms with E-state index in [4.69, 9.17) is 0 Å². The monoisotopic (exact) mass is 435 g/mol. The Hall–Kier alpha value is -2.80. The zero-order chi connectivity index (χ0) is 23.7. The molecule has 0 saturated heterocycles. The highest BCUT2D eigenvalue weighted by atomic mass is 15.1. The van der Waals surface area contributed by atoms with Crippen molar-refractivity contribution in [2.45, 2.75) is 66.3 Å². The number of fused-ring (bicyclic) bond motifs is 4. The third kappa shape index (κ3) is 3.36. The standard InChI is InChI=1S/C32H37N/c1-19(2)13-23-16-30(25-15-20(3)14-21(4)22(25)5)33(8)31-18-29-27(17-26(23)31)24-11-9-10-12-28(24)32(29,6)7/h9-12,14-19,31H,13H2,1-8H3. The predicted octanol–water partition coefficient (Wildman–Crippen LogP) is 7.92. The van der Waals surface area contributed by atoms with Gasteiger partial charge in [0.1, 0.15) is 0 Å². The molecule has 1 heteroatoms. The minimum atomic E-state index is 0.0319. The van der Waals surface area contributed by atoms with Crippen molar-refractivity contribution in [1.82, 2.24) is 4.90 Å². The molecule has 1 atom stereocenters. The summed E-state index contributed by atoms with van der Waals surface area (Å²) in [4.78, 5) is 2.51. The van der Waals surface area contributed by atoms with Crippen molar-refractivity contribution < 1.29 is 0 Å². The van der Waals surface area contributed by atoms with Gasteiger partial charge in [-0.25, -0.2) is 0 Å². The maximum Gasteiger partial charge on any atom is 0.0732 e. The van der Waals surface area contributed by atoms with Crippen molar-refractivity contribution >= 4 is 11.3 Å². The third-order valence-corrected chi connectivity index (χ3v) is 7.99. The van der Waals surface area contributed by atoms with Crippen LogP contribution in [0.4, 0.5) is 0 Å². The van der Waals surface area contributed by atoms with Crippen molar-refractivity contribution in [1.29, 1.82) is 0 Å². The molecule has 170 valence electrons. The minimum Gasteiger partial charge on any atom is -0.364 e. The van der Waals surface area contributed by atoms with Crippen molar-refractivity contribution in [3.8, 4) is 0 Å². The van der Waals surface area contributed by atoms with E-state index >= 15 is 0 Å². The molecule has 2 aliphatic carbocycles. The Balaban J connectivity index is 1.74. The smallest absolute Gasteiger partial charge is 0.0732 e. The molecule has 1 aliphatic heterocycles. The number of nitrogens with zero attached hydrogens (tertiary/aromatic N) is 1. The van der Waals surface area contributed by atoms with E-state index < -0.39 is 0 Å². The highest BCUT2D eigenvalue weighted by Crippen LogP contribution is 2.53. The summed E-state index contributed by atoms with van der Waals surface area (Å²) in [5, 5.41) is 0. The van der Waals surface area contributed by atoms with Gasteiger partial charge in [-0.05, 0) is 95.9 Å². The van der Waals surface area contributed by atoms with Crippen LogP contribution in [0.25, 0.3) is 11.3 Å². The Bertz CT molecular complexity index is 1280. The summed E-state index contributed by atoms with van der Waals surface area (Å²) in [6.45, 7) is 16.2. The molecular formula is C32H37N. The highest BCUT2D eigenvalue weighted by molar-refractivity contribution is 5.93. The Morgan fingerprint density at radius 1 is 0.970 bits per heavy atom. The van der Waals surface area contributed by atoms with E-state index in [0.29, 0.717) is 5.92 Å². The number of aryl methyl sites for hydroxylation is 2. The Morgan fingerprint density at radius 3 is 2.42 bits per heavy atom. The van der Waals surface area contributed by atoms with E-state index in [9.17, 15) is 0 Å². The van der Waals surface area contributed by atoms with Crippen LogP contribution in [0.3, 0.4) is 0 Å². The summed E-state index contributed by atoms with van der Waals surface area (Å²) in [7, 11) is 2.28. The molecule has 0 N–H and O–H groups in total. The van der Waals surface area contributed by atoms with Gasteiger partial charge < -0.3 is 4.90 Å². The van der Waals surface area contributed by atoms with Gasteiger partial charge in [0, 0.05) is 23.7 Å². The fourth-order valence-corrected chi connectivity index (χ4v) is 6.13. The topological polar surface area (TPSA) is 3.24 Å². The number of hydrogen-bond donors (Lipinski definition) is 0. The molecule has 0 amide bonds. The molecule has 3 aliphatic rings. The third-order valence-electron chi connectivity index (χ3n) is 7.99. The molecule has 0 fully saturated rings. The second-order valence-corrected chi connectivity index (χ2v) is 11.2. The summed E-state index contributed by atoms with van der Waals surface area (Å²) in [5.41, 5.74) is 15.6. The van der Waals surface area contributed by atoms with Crippen molar-refractivity contribution in [3.05, 3.63) is 105 Å². The highest BCUT2D eigenvalue weighted by Gasteiger charge is 2.42.